The van der Waals surface area contributed by atoms with Crippen molar-refractivity contribution in [3.63, 3.8) is 0 Å². The summed E-state index contributed by atoms with van der Waals surface area (Å²) < 4.78 is 1.89. The first-order valence-corrected chi connectivity index (χ1v) is 6.21. The lowest BCUT2D eigenvalue weighted by atomic mass is 10.1. The quantitative estimate of drug-likeness (QED) is 0.768. The van der Waals surface area contributed by atoms with Crippen LogP contribution in [0.2, 0.25) is 0 Å². The highest BCUT2D eigenvalue weighted by atomic mass is 35.5. The number of nitrogens with zero attached hydrogens (tertiary/aromatic N) is 2. The normalized spacial score (nSPS) is 11.1. The van der Waals surface area contributed by atoms with Crippen LogP contribution in [0.3, 0.4) is 0 Å². The summed E-state index contributed by atoms with van der Waals surface area (Å²) in [4.78, 5) is 15.6. The molecule has 19 heavy (non-hydrogen) atoms. The molecule has 0 saturated carbocycles. The summed E-state index contributed by atoms with van der Waals surface area (Å²) in [5, 5.41) is 2.97. The molecule has 0 spiro atoms. The van der Waals surface area contributed by atoms with Gasteiger partial charge in [0.05, 0.1) is 6.33 Å². The van der Waals surface area contributed by atoms with Crippen LogP contribution in [0, 0.1) is 0 Å². The van der Waals surface area contributed by atoms with Crippen LogP contribution in [-0.2, 0) is 11.3 Å². The van der Waals surface area contributed by atoms with Gasteiger partial charge in [-0.1, -0.05) is 19.8 Å². The lowest BCUT2D eigenvalue weighted by Crippen LogP contribution is -2.40. The lowest BCUT2D eigenvalue weighted by molar-refractivity contribution is -0.122. The molecule has 5 nitrogen and oxygen atoms in total. The maximum Gasteiger partial charge on any atom is 0.222 e. The Labute approximate surface area is 127 Å². The van der Waals surface area contributed by atoms with Crippen molar-refractivity contribution in [2.24, 2.45) is 5.73 Å². The number of rotatable bonds is 8. The van der Waals surface area contributed by atoms with Gasteiger partial charge in [0.1, 0.15) is 0 Å². The fraction of sp³-hybridized carbons (Fsp3) is 0.667. The van der Waals surface area contributed by atoms with Gasteiger partial charge in [-0.3, -0.25) is 4.79 Å². The molecule has 3 N–H and O–H groups in total. The maximum atomic E-state index is 11.7. The largest absolute Gasteiger partial charge is 0.352 e. The van der Waals surface area contributed by atoms with Crippen molar-refractivity contribution >= 4 is 30.7 Å². The molecule has 0 aliphatic carbocycles. The van der Waals surface area contributed by atoms with E-state index in [9.17, 15) is 4.79 Å². The minimum absolute atomic E-state index is 0. The topological polar surface area (TPSA) is 72.9 Å². The van der Waals surface area contributed by atoms with Gasteiger partial charge in [-0.25, -0.2) is 4.98 Å². The predicted octanol–water partition coefficient (Wildman–Crippen LogP) is 1.75. The molecule has 1 aromatic rings. The Bertz CT molecular complexity index is 320. The van der Waals surface area contributed by atoms with E-state index in [-0.39, 0.29) is 36.8 Å². The van der Waals surface area contributed by atoms with E-state index in [1.807, 2.05) is 10.8 Å². The number of nitrogens with one attached hydrogen (secondary N) is 1. The van der Waals surface area contributed by atoms with E-state index in [1.165, 1.54) is 0 Å². The average Bonchev–Trinajstić information content (AvgIpc) is 2.85. The van der Waals surface area contributed by atoms with Gasteiger partial charge in [-0.05, 0) is 6.42 Å². The Hall–Kier alpha value is -0.780. The van der Waals surface area contributed by atoms with E-state index in [1.54, 1.807) is 12.5 Å². The lowest BCUT2D eigenvalue weighted by Gasteiger charge is -2.16. The molecule has 1 heterocycles. The molecular weight excluding hydrogens is 287 g/mol. The summed E-state index contributed by atoms with van der Waals surface area (Å²) in [5.41, 5.74) is 5.62. The number of aryl methyl sites for hydroxylation is 1. The van der Waals surface area contributed by atoms with Crippen molar-refractivity contribution in [1.82, 2.24) is 14.9 Å². The van der Waals surface area contributed by atoms with Gasteiger partial charge in [-0.15, -0.1) is 24.8 Å². The second kappa shape index (κ2) is 12.3. The third kappa shape index (κ3) is 8.86. The molecule has 112 valence electrons. The molecule has 1 unspecified atom stereocenters. The molecule has 0 aliphatic rings. The van der Waals surface area contributed by atoms with Crippen molar-refractivity contribution in [3.8, 4) is 0 Å². The molecule has 7 heteroatoms. The number of nitrogens with two attached hydrogens (primary N) is 1. The molecule has 0 aliphatic heterocycles. The van der Waals surface area contributed by atoms with Crippen molar-refractivity contribution < 1.29 is 4.79 Å². The van der Waals surface area contributed by atoms with E-state index in [4.69, 9.17) is 5.73 Å². The molecular formula is C12H24Cl2N4O. The van der Waals surface area contributed by atoms with Crippen LogP contribution in [-0.4, -0.2) is 28.0 Å². The van der Waals surface area contributed by atoms with E-state index < -0.39 is 0 Å². The number of amides is 1. The number of carbonyl (C=O) groups excluding carboxylic acids is 1. The Kier molecular flexibility index (Phi) is 13.3. The zero-order valence-electron chi connectivity index (χ0n) is 11.2. The number of unbranched alkanes of at least 4 members (excludes halogenated alkanes) is 1. The Morgan fingerprint density at radius 2 is 2.21 bits per heavy atom. The summed E-state index contributed by atoms with van der Waals surface area (Å²) in [6, 6.07) is 0.116. The van der Waals surface area contributed by atoms with Crippen molar-refractivity contribution in [2.75, 3.05) is 6.54 Å². The second-order valence-electron chi connectivity index (χ2n) is 4.19. The highest BCUT2D eigenvalue weighted by molar-refractivity contribution is 5.85. The van der Waals surface area contributed by atoms with Gasteiger partial charge in [-0.2, -0.15) is 0 Å². The first-order chi connectivity index (χ1) is 8.26. The smallest absolute Gasteiger partial charge is 0.222 e. The van der Waals surface area contributed by atoms with Crippen molar-refractivity contribution in [1.29, 1.82) is 0 Å². The van der Waals surface area contributed by atoms with E-state index >= 15 is 0 Å². The number of carbonyl (C=O) groups is 1. The molecule has 0 aromatic carbocycles. The van der Waals surface area contributed by atoms with Crippen LogP contribution < -0.4 is 11.1 Å². The third-order valence-electron chi connectivity index (χ3n) is 2.71. The van der Waals surface area contributed by atoms with Gasteiger partial charge in [0.15, 0.2) is 0 Å². The van der Waals surface area contributed by atoms with Crippen LogP contribution in [0.4, 0.5) is 0 Å². The molecule has 1 amide bonds. The molecule has 0 radical (unpaired) electrons. The Morgan fingerprint density at radius 3 is 2.74 bits per heavy atom. The Balaban J connectivity index is 0. The van der Waals surface area contributed by atoms with Crippen LogP contribution in [0.25, 0.3) is 0 Å². The summed E-state index contributed by atoms with van der Waals surface area (Å²) in [7, 11) is 0. The maximum absolute atomic E-state index is 11.7. The fourth-order valence-corrected chi connectivity index (χ4v) is 1.65. The molecule has 0 saturated heterocycles. The summed E-state index contributed by atoms with van der Waals surface area (Å²) in [6.07, 6.45) is 8.94. The zero-order chi connectivity index (χ0) is 12.5. The van der Waals surface area contributed by atoms with Crippen LogP contribution >= 0.6 is 24.8 Å². The van der Waals surface area contributed by atoms with E-state index in [0.29, 0.717) is 19.5 Å². The first-order valence-electron chi connectivity index (χ1n) is 6.21. The number of hydrogen-bond donors (Lipinski definition) is 2. The summed E-state index contributed by atoms with van der Waals surface area (Å²) in [5.74, 6) is 0.0604. The number of imidazole rings is 1. The van der Waals surface area contributed by atoms with E-state index in [0.717, 1.165) is 19.3 Å². The monoisotopic (exact) mass is 310 g/mol. The average molecular weight is 311 g/mol. The van der Waals surface area contributed by atoms with Crippen LogP contribution in [0.1, 0.15) is 32.6 Å². The Morgan fingerprint density at radius 1 is 1.47 bits per heavy atom. The molecule has 0 bridgehead atoms. The molecule has 0 fully saturated rings. The summed E-state index contributed by atoms with van der Waals surface area (Å²) >= 11 is 0. The molecule has 1 rings (SSSR count). The SMILES string of the molecule is CCCCC(CN)NC(=O)CCn1ccnc1.Cl.Cl. The number of aromatic nitrogens is 2. The van der Waals surface area contributed by atoms with Crippen molar-refractivity contribution in [2.45, 2.75) is 45.2 Å². The van der Waals surface area contributed by atoms with Gasteiger partial charge < -0.3 is 15.6 Å². The highest BCUT2D eigenvalue weighted by Crippen LogP contribution is 2.00. The fourth-order valence-electron chi connectivity index (χ4n) is 1.65. The third-order valence-corrected chi connectivity index (χ3v) is 2.71. The minimum atomic E-state index is 0. The van der Waals surface area contributed by atoms with Crippen molar-refractivity contribution in [3.05, 3.63) is 18.7 Å². The number of hydrogen-bond acceptors (Lipinski definition) is 3. The highest BCUT2D eigenvalue weighted by Gasteiger charge is 2.09. The first kappa shape index (κ1) is 20.5. The van der Waals surface area contributed by atoms with E-state index in [2.05, 4.69) is 17.2 Å². The second-order valence-corrected chi connectivity index (χ2v) is 4.19. The molecule has 1 aromatic heterocycles. The number of halogens is 2. The standard InChI is InChI=1S/C12H22N4O.2ClH/c1-2-3-4-11(9-13)15-12(17)5-7-16-8-6-14-10-16;;/h6,8,10-11H,2-5,7,9,13H2,1H3,(H,15,17);2*1H. The zero-order valence-corrected chi connectivity index (χ0v) is 12.9. The van der Waals surface area contributed by atoms with Crippen LogP contribution in [0.5, 0.6) is 0 Å². The summed E-state index contributed by atoms with van der Waals surface area (Å²) in [6.45, 7) is 3.31. The van der Waals surface area contributed by atoms with Gasteiger partial charge in [0, 0.05) is 37.9 Å². The minimum Gasteiger partial charge on any atom is -0.352 e. The van der Waals surface area contributed by atoms with Gasteiger partial charge >= 0.3 is 0 Å². The van der Waals surface area contributed by atoms with Gasteiger partial charge in [0.25, 0.3) is 0 Å². The molecule has 1 atom stereocenters. The van der Waals surface area contributed by atoms with Gasteiger partial charge in [0.2, 0.25) is 5.91 Å². The van der Waals surface area contributed by atoms with Crippen LogP contribution in [0.15, 0.2) is 18.7 Å². The predicted molar refractivity (Wildman–Crippen MR) is 81.9 cm³/mol.